The van der Waals surface area contributed by atoms with Crippen molar-refractivity contribution >= 4 is 40.0 Å². The number of likely N-dealkylation sites (tertiary alicyclic amines) is 1. The fourth-order valence-electron chi connectivity index (χ4n) is 5.44. The van der Waals surface area contributed by atoms with Crippen LogP contribution >= 0.6 is 0 Å². The second-order valence-electron chi connectivity index (χ2n) is 10.1. The number of anilines is 2. The summed E-state index contributed by atoms with van der Waals surface area (Å²) in [5.41, 5.74) is 3.53. The lowest BCUT2D eigenvalue weighted by Gasteiger charge is -2.45. The number of ether oxygens (including phenoxy) is 1. The predicted octanol–water partition coefficient (Wildman–Crippen LogP) is 3.87. The number of aromatic nitrogens is 1. The fraction of sp³-hybridized carbons (Fsp3) is 0.357. The molecule has 190 valence electrons. The SMILES string of the molecule is COc1cc(C(=O)N2CCC3(CC2)NC(=O)c2cc(NC(C)=O)ccc2N3)nc2c(C3CC3)cccc12. The van der Waals surface area contributed by atoms with Crippen LogP contribution < -0.4 is 20.7 Å². The van der Waals surface area contributed by atoms with E-state index in [4.69, 9.17) is 9.72 Å². The van der Waals surface area contributed by atoms with Gasteiger partial charge in [0.1, 0.15) is 17.1 Å². The smallest absolute Gasteiger partial charge is 0.272 e. The maximum atomic E-state index is 13.5. The molecule has 6 rings (SSSR count). The molecule has 1 spiro atoms. The van der Waals surface area contributed by atoms with Crippen molar-refractivity contribution in [2.24, 2.45) is 0 Å². The average molecular weight is 500 g/mol. The number of nitrogens with one attached hydrogen (secondary N) is 3. The van der Waals surface area contributed by atoms with E-state index in [0.29, 0.717) is 60.2 Å². The summed E-state index contributed by atoms with van der Waals surface area (Å²) in [6.07, 6.45) is 3.39. The number of piperidine rings is 1. The van der Waals surface area contributed by atoms with Gasteiger partial charge in [0, 0.05) is 55.7 Å². The Morgan fingerprint density at radius 2 is 1.89 bits per heavy atom. The summed E-state index contributed by atoms with van der Waals surface area (Å²) in [5, 5.41) is 10.2. The molecule has 3 aromatic rings. The van der Waals surface area contributed by atoms with Crippen LogP contribution in [0.15, 0.2) is 42.5 Å². The van der Waals surface area contributed by atoms with E-state index in [2.05, 4.69) is 22.0 Å². The molecule has 2 aliphatic heterocycles. The highest BCUT2D eigenvalue weighted by molar-refractivity contribution is 6.04. The Morgan fingerprint density at radius 3 is 2.59 bits per heavy atom. The van der Waals surface area contributed by atoms with Crippen molar-refractivity contribution < 1.29 is 19.1 Å². The predicted molar refractivity (Wildman–Crippen MR) is 140 cm³/mol. The van der Waals surface area contributed by atoms with Crippen LogP contribution in [0.5, 0.6) is 5.75 Å². The molecule has 1 saturated heterocycles. The second-order valence-corrected chi connectivity index (χ2v) is 10.1. The number of carbonyl (C=O) groups is 3. The molecule has 0 unspecified atom stereocenters. The van der Waals surface area contributed by atoms with Crippen molar-refractivity contribution in [3.63, 3.8) is 0 Å². The quantitative estimate of drug-likeness (QED) is 0.502. The van der Waals surface area contributed by atoms with E-state index in [1.54, 1.807) is 36.3 Å². The Labute approximate surface area is 214 Å². The van der Waals surface area contributed by atoms with Gasteiger partial charge in [0.25, 0.3) is 11.8 Å². The number of hydrogen-bond acceptors (Lipinski definition) is 6. The first-order valence-corrected chi connectivity index (χ1v) is 12.6. The molecule has 3 N–H and O–H groups in total. The number of benzene rings is 2. The van der Waals surface area contributed by atoms with Crippen LogP contribution in [0, 0.1) is 0 Å². The zero-order chi connectivity index (χ0) is 25.7. The van der Waals surface area contributed by atoms with Crippen molar-refractivity contribution in [2.75, 3.05) is 30.8 Å². The molecule has 2 fully saturated rings. The van der Waals surface area contributed by atoms with Gasteiger partial charge >= 0.3 is 0 Å². The third kappa shape index (κ3) is 4.24. The van der Waals surface area contributed by atoms with Gasteiger partial charge in [-0.05, 0) is 48.6 Å². The van der Waals surface area contributed by atoms with E-state index in [1.165, 1.54) is 12.5 Å². The molecule has 9 nitrogen and oxygen atoms in total. The Kier molecular flexibility index (Phi) is 5.51. The Bertz CT molecular complexity index is 1440. The summed E-state index contributed by atoms with van der Waals surface area (Å²) in [6.45, 7) is 2.37. The molecule has 9 heteroatoms. The molecule has 37 heavy (non-hydrogen) atoms. The van der Waals surface area contributed by atoms with Gasteiger partial charge in [0.05, 0.1) is 18.2 Å². The number of amides is 3. The summed E-state index contributed by atoms with van der Waals surface area (Å²) in [5.74, 6) is 0.623. The number of hydrogen-bond donors (Lipinski definition) is 3. The topological polar surface area (TPSA) is 113 Å². The summed E-state index contributed by atoms with van der Waals surface area (Å²) in [6, 6.07) is 13.1. The number of nitrogens with zero attached hydrogens (tertiary/aromatic N) is 2. The Balaban J connectivity index is 1.21. The monoisotopic (exact) mass is 499 g/mol. The van der Waals surface area contributed by atoms with Crippen LogP contribution in [0.4, 0.5) is 11.4 Å². The third-order valence-electron chi connectivity index (χ3n) is 7.50. The van der Waals surface area contributed by atoms with Crippen molar-refractivity contribution in [1.29, 1.82) is 0 Å². The van der Waals surface area contributed by atoms with Gasteiger partial charge in [-0.2, -0.15) is 0 Å². The summed E-state index contributed by atoms with van der Waals surface area (Å²) in [4.78, 5) is 44.5. The standard InChI is InChI=1S/C28H29N5O4/c1-16(34)29-18-8-9-22-21(14-18)26(35)32-28(31-22)10-12-33(13-11-28)27(36)23-15-24(37-2)20-5-3-4-19(17-6-7-17)25(20)30-23/h3-5,8-9,14-15,17,31H,6-7,10-13H2,1-2H3,(H,29,34)(H,32,35). The van der Waals surface area contributed by atoms with Crippen molar-refractivity contribution in [3.05, 3.63) is 59.3 Å². The number of rotatable bonds is 4. The third-order valence-corrected chi connectivity index (χ3v) is 7.50. The van der Waals surface area contributed by atoms with Crippen LogP contribution in [0.25, 0.3) is 10.9 Å². The van der Waals surface area contributed by atoms with E-state index in [0.717, 1.165) is 23.7 Å². The highest BCUT2D eigenvalue weighted by Gasteiger charge is 2.41. The van der Waals surface area contributed by atoms with Crippen LogP contribution in [-0.4, -0.2) is 53.5 Å². The summed E-state index contributed by atoms with van der Waals surface area (Å²) in [7, 11) is 1.62. The molecule has 3 heterocycles. The van der Waals surface area contributed by atoms with E-state index < -0.39 is 5.66 Å². The number of methoxy groups -OCH3 is 1. The van der Waals surface area contributed by atoms with Gasteiger partial charge < -0.3 is 25.6 Å². The Hall–Kier alpha value is -4.14. The number of carbonyl (C=O) groups excluding carboxylic acids is 3. The van der Waals surface area contributed by atoms with Crippen LogP contribution in [-0.2, 0) is 4.79 Å². The minimum absolute atomic E-state index is 0.136. The molecule has 1 saturated carbocycles. The number of para-hydroxylation sites is 1. The first kappa shape index (κ1) is 23.3. The second kappa shape index (κ2) is 8.76. The summed E-state index contributed by atoms with van der Waals surface area (Å²) >= 11 is 0. The van der Waals surface area contributed by atoms with Gasteiger partial charge in [0.2, 0.25) is 5.91 Å². The van der Waals surface area contributed by atoms with E-state index >= 15 is 0 Å². The van der Waals surface area contributed by atoms with Crippen molar-refractivity contribution in [3.8, 4) is 5.75 Å². The molecule has 3 aliphatic rings. The molecule has 1 aromatic heterocycles. The largest absolute Gasteiger partial charge is 0.496 e. The highest BCUT2D eigenvalue weighted by atomic mass is 16.5. The minimum atomic E-state index is -0.635. The molecule has 3 amide bonds. The average Bonchev–Trinajstić information content (AvgIpc) is 3.73. The van der Waals surface area contributed by atoms with Gasteiger partial charge in [-0.15, -0.1) is 0 Å². The number of fused-ring (bicyclic) bond motifs is 2. The maximum absolute atomic E-state index is 13.5. The van der Waals surface area contributed by atoms with Crippen LogP contribution in [0.1, 0.15) is 64.9 Å². The molecule has 0 radical (unpaired) electrons. The van der Waals surface area contributed by atoms with Crippen molar-refractivity contribution in [1.82, 2.24) is 15.2 Å². The van der Waals surface area contributed by atoms with Crippen molar-refractivity contribution in [2.45, 2.75) is 44.2 Å². The van der Waals surface area contributed by atoms with E-state index in [9.17, 15) is 14.4 Å². The first-order chi connectivity index (χ1) is 17.9. The van der Waals surface area contributed by atoms with Gasteiger partial charge in [-0.1, -0.05) is 12.1 Å². The van der Waals surface area contributed by atoms with Crippen LogP contribution in [0.3, 0.4) is 0 Å². The highest BCUT2D eigenvalue weighted by Crippen LogP contribution is 2.44. The van der Waals surface area contributed by atoms with Crippen LogP contribution in [0.2, 0.25) is 0 Å². The van der Waals surface area contributed by atoms with Gasteiger partial charge in [0.15, 0.2) is 0 Å². The van der Waals surface area contributed by atoms with E-state index in [1.807, 2.05) is 12.1 Å². The molecular weight excluding hydrogens is 470 g/mol. The normalized spacial score (nSPS) is 18.1. The molecule has 2 aromatic carbocycles. The van der Waals surface area contributed by atoms with E-state index in [-0.39, 0.29) is 17.7 Å². The number of pyridine rings is 1. The maximum Gasteiger partial charge on any atom is 0.272 e. The zero-order valence-corrected chi connectivity index (χ0v) is 20.9. The summed E-state index contributed by atoms with van der Waals surface area (Å²) < 4.78 is 5.63. The first-order valence-electron chi connectivity index (χ1n) is 12.6. The van der Waals surface area contributed by atoms with Gasteiger partial charge in [-0.25, -0.2) is 4.98 Å². The van der Waals surface area contributed by atoms with Gasteiger partial charge in [-0.3, -0.25) is 14.4 Å². The zero-order valence-electron chi connectivity index (χ0n) is 20.9. The molecular formula is C28H29N5O4. The molecule has 0 bridgehead atoms. The fourth-order valence-corrected chi connectivity index (χ4v) is 5.44. The minimum Gasteiger partial charge on any atom is -0.496 e. The lowest BCUT2D eigenvalue weighted by atomic mass is 9.92. The lowest BCUT2D eigenvalue weighted by molar-refractivity contribution is -0.114. The Morgan fingerprint density at radius 1 is 1.11 bits per heavy atom. The molecule has 0 atom stereocenters. The molecule has 1 aliphatic carbocycles. The lowest BCUT2D eigenvalue weighted by Crippen LogP contribution is -2.62.